The number of hydrogen-bond donors (Lipinski definition) is 2. The van der Waals surface area contributed by atoms with Crippen LogP contribution < -0.4 is 11.1 Å². The number of halogens is 1. The van der Waals surface area contributed by atoms with Gasteiger partial charge in [-0.2, -0.15) is 0 Å². The molecule has 0 spiro atoms. The molecule has 7 heteroatoms. The van der Waals surface area contributed by atoms with Crippen LogP contribution in [0.4, 0.5) is 11.4 Å². The molecule has 20 heavy (non-hydrogen) atoms. The highest BCUT2D eigenvalue weighted by Crippen LogP contribution is 2.31. The van der Waals surface area contributed by atoms with E-state index in [4.69, 9.17) is 17.3 Å². The molecule has 2 rings (SSSR count). The maximum absolute atomic E-state index is 11.4. The largest absolute Gasteiger partial charge is 0.380 e. The maximum atomic E-state index is 11.4. The minimum atomic E-state index is -0.498. The molecule has 1 aromatic carbocycles. The summed E-state index contributed by atoms with van der Waals surface area (Å²) in [5, 5.41) is 14.1. The Kier molecular flexibility index (Phi) is 4.44. The average molecular weight is 298 g/mol. The number of nitro benzene ring substituents is 1. The van der Waals surface area contributed by atoms with Crippen molar-refractivity contribution < 1.29 is 9.72 Å². The molecule has 1 aromatic rings. The van der Waals surface area contributed by atoms with Crippen molar-refractivity contribution in [3.63, 3.8) is 0 Å². The van der Waals surface area contributed by atoms with Crippen LogP contribution in [0.15, 0.2) is 18.2 Å². The first-order valence-corrected chi connectivity index (χ1v) is 6.86. The van der Waals surface area contributed by atoms with Crippen molar-refractivity contribution in [2.45, 2.75) is 31.7 Å². The summed E-state index contributed by atoms with van der Waals surface area (Å²) in [6.07, 6.45) is 3.60. The number of nitrogens with zero attached hydrogens (tertiary/aromatic N) is 1. The standard InChI is InChI=1S/C13H16ClN3O3/c14-10-7-8(17(19)20)5-6-12(10)16-11-4-2-1-3-9(11)13(15)18/h5-7,9,11,16H,1-4H2,(H2,15,18). The summed E-state index contributed by atoms with van der Waals surface area (Å²) in [7, 11) is 0. The molecule has 6 nitrogen and oxygen atoms in total. The number of benzene rings is 1. The third-order valence-electron chi connectivity index (χ3n) is 3.64. The number of carbonyl (C=O) groups is 1. The van der Waals surface area contributed by atoms with E-state index in [0.717, 1.165) is 25.7 Å². The molecule has 2 unspecified atom stereocenters. The molecule has 1 saturated carbocycles. The van der Waals surface area contributed by atoms with Crippen molar-refractivity contribution >= 4 is 28.9 Å². The lowest BCUT2D eigenvalue weighted by molar-refractivity contribution is -0.384. The number of rotatable bonds is 4. The van der Waals surface area contributed by atoms with Gasteiger partial charge in [-0.1, -0.05) is 24.4 Å². The van der Waals surface area contributed by atoms with Gasteiger partial charge in [-0.05, 0) is 18.9 Å². The van der Waals surface area contributed by atoms with Crippen LogP contribution in [-0.2, 0) is 4.79 Å². The maximum Gasteiger partial charge on any atom is 0.271 e. The van der Waals surface area contributed by atoms with E-state index in [2.05, 4.69) is 5.32 Å². The Hall–Kier alpha value is -1.82. The van der Waals surface area contributed by atoms with Crippen LogP contribution in [0.2, 0.25) is 5.02 Å². The zero-order chi connectivity index (χ0) is 14.7. The van der Waals surface area contributed by atoms with Crippen LogP contribution >= 0.6 is 11.6 Å². The molecule has 3 N–H and O–H groups in total. The molecule has 1 aliphatic carbocycles. The topological polar surface area (TPSA) is 98.3 Å². The molecule has 108 valence electrons. The Morgan fingerprint density at radius 1 is 1.40 bits per heavy atom. The summed E-state index contributed by atoms with van der Waals surface area (Å²) in [5.74, 6) is -0.546. The predicted molar refractivity (Wildman–Crippen MR) is 76.7 cm³/mol. The fraction of sp³-hybridized carbons (Fsp3) is 0.462. The average Bonchev–Trinajstić information content (AvgIpc) is 2.41. The zero-order valence-corrected chi connectivity index (χ0v) is 11.6. The zero-order valence-electron chi connectivity index (χ0n) is 10.8. The van der Waals surface area contributed by atoms with Gasteiger partial charge in [-0.25, -0.2) is 0 Å². The molecule has 0 heterocycles. The highest BCUT2D eigenvalue weighted by Gasteiger charge is 2.29. The van der Waals surface area contributed by atoms with Gasteiger partial charge in [0, 0.05) is 18.2 Å². The highest BCUT2D eigenvalue weighted by molar-refractivity contribution is 6.33. The fourth-order valence-corrected chi connectivity index (χ4v) is 2.81. The number of nitrogens with two attached hydrogens (primary N) is 1. The van der Waals surface area contributed by atoms with Crippen LogP contribution in [-0.4, -0.2) is 16.9 Å². The number of nitro groups is 1. The first kappa shape index (κ1) is 14.6. The van der Waals surface area contributed by atoms with Gasteiger partial charge in [0.25, 0.3) is 5.69 Å². The van der Waals surface area contributed by atoms with Crippen molar-refractivity contribution in [3.8, 4) is 0 Å². The lowest BCUT2D eigenvalue weighted by Gasteiger charge is -2.31. The number of amides is 1. The molecular weight excluding hydrogens is 282 g/mol. The SMILES string of the molecule is NC(=O)C1CCCCC1Nc1ccc([N+](=O)[O-])cc1Cl. The molecule has 1 aliphatic rings. The first-order chi connectivity index (χ1) is 9.49. The van der Waals surface area contributed by atoms with Crippen molar-refractivity contribution in [1.82, 2.24) is 0 Å². The van der Waals surface area contributed by atoms with Crippen molar-refractivity contribution in [1.29, 1.82) is 0 Å². The second-order valence-electron chi connectivity index (χ2n) is 4.97. The molecule has 0 aliphatic heterocycles. The van der Waals surface area contributed by atoms with Crippen LogP contribution in [0.3, 0.4) is 0 Å². The van der Waals surface area contributed by atoms with Crippen molar-refractivity contribution in [2.75, 3.05) is 5.32 Å². The van der Waals surface area contributed by atoms with Gasteiger partial charge in [0.05, 0.1) is 21.6 Å². The summed E-state index contributed by atoms with van der Waals surface area (Å²) in [6, 6.07) is 4.18. The first-order valence-electron chi connectivity index (χ1n) is 6.49. The van der Waals surface area contributed by atoms with Crippen LogP contribution in [0.1, 0.15) is 25.7 Å². The fourth-order valence-electron chi connectivity index (χ4n) is 2.58. The van der Waals surface area contributed by atoms with E-state index in [9.17, 15) is 14.9 Å². The van der Waals surface area contributed by atoms with E-state index in [-0.39, 0.29) is 28.6 Å². The highest BCUT2D eigenvalue weighted by atomic mass is 35.5. The van der Waals surface area contributed by atoms with E-state index in [1.54, 1.807) is 6.07 Å². The summed E-state index contributed by atoms with van der Waals surface area (Å²) < 4.78 is 0. The smallest absolute Gasteiger partial charge is 0.271 e. The molecule has 0 bridgehead atoms. The molecule has 2 atom stereocenters. The van der Waals surface area contributed by atoms with Gasteiger partial charge in [-0.3, -0.25) is 14.9 Å². The third kappa shape index (κ3) is 3.19. The second kappa shape index (κ2) is 6.09. The monoisotopic (exact) mass is 297 g/mol. The molecule has 0 radical (unpaired) electrons. The summed E-state index contributed by atoms with van der Waals surface area (Å²) in [4.78, 5) is 21.6. The lowest BCUT2D eigenvalue weighted by atomic mass is 9.84. The summed E-state index contributed by atoms with van der Waals surface area (Å²) in [5.41, 5.74) is 5.95. The van der Waals surface area contributed by atoms with Crippen LogP contribution in [0, 0.1) is 16.0 Å². The van der Waals surface area contributed by atoms with Gasteiger partial charge >= 0.3 is 0 Å². The van der Waals surface area contributed by atoms with E-state index >= 15 is 0 Å². The molecule has 1 fully saturated rings. The number of primary amides is 1. The second-order valence-corrected chi connectivity index (χ2v) is 5.37. The number of non-ortho nitro benzene ring substituents is 1. The predicted octanol–water partition coefficient (Wildman–Crippen LogP) is 2.70. The number of nitrogens with one attached hydrogen (secondary N) is 1. The molecular formula is C13H16ClN3O3. The normalized spacial score (nSPS) is 22.2. The van der Waals surface area contributed by atoms with Crippen LogP contribution in [0.5, 0.6) is 0 Å². The van der Waals surface area contributed by atoms with E-state index in [1.165, 1.54) is 12.1 Å². The minimum absolute atomic E-state index is 0.0596. The Bertz CT molecular complexity index is 536. The number of carbonyl (C=O) groups excluding carboxylic acids is 1. The molecule has 0 aromatic heterocycles. The Balaban J connectivity index is 2.16. The van der Waals surface area contributed by atoms with Crippen LogP contribution in [0.25, 0.3) is 0 Å². The third-order valence-corrected chi connectivity index (χ3v) is 3.95. The quantitative estimate of drug-likeness (QED) is 0.659. The van der Waals surface area contributed by atoms with E-state index in [1.807, 2.05) is 0 Å². The molecule has 0 saturated heterocycles. The molecule has 1 amide bonds. The van der Waals surface area contributed by atoms with Crippen molar-refractivity contribution in [2.24, 2.45) is 11.7 Å². The Morgan fingerprint density at radius 2 is 2.10 bits per heavy atom. The van der Waals surface area contributed by atoms with Gasteiger partial charge in [0.1, 0.15) is 0 Å². The number of hydrogen-bond acceptors (Lipinski definition) is 4. The lowest BCUT2D eigenvalue weighted by Crippen LogP contribution is -2.40. The summed E-state index contributed by atoms with van der Waals surface area (Å²) in [6.45, 7) is 0. The van der Waals surface area contributed by atoms with E-state index in [0.29, 0.717) is 5.69 Å². The van der Waals surface area contributed by atoms with E-state index < -0.39 is 4.92 Å². The van der Waals surface area contributed by atoms with Crippen molar-refractivity contribution in [3.05, 3.63) is 33.3 Å². The summed E-state index contributed by atoms with van der Waals surface area (Å²) >= 11 is 6.04. The van der Waals surface area contributed by atoms with Gasteiger partial charge in [-0.15, -0.1) is 0 Å². The number of anilines is 1. The van der Waals surface area contributed by atoms with Gasteiger partial charge in [0.15, 0.2) is 0 Å². The van der Waals surface area contributed by atoms with Gasteiger partial charge < -0.3 is 11.1 Å². The van der Waals surface area contributed by atoms with Gasteiger partial charge in [0.2, 0.25) is 5.91 Å². The Labute approximate surface area is 121 Å². The minimum Gasteiger partial charge on any atom is -0.380 e. The Morgan fingerprint density at radius 3 is 2.70 bits per heavy atom.